The molecule has 17 heavy (non-hydrogen) atoms. The molecule has 0 aromatic heterocycles. The molecule has 0 amide bonds. The van der Waals surface area contributed by atoms with Crippen molar-refractivity contribution in [2.24, 2.45) is 0 Å². The van der Waals surface area contributed by atoms with Gasteiger partial charge in [0.25, 0.3) is 0 Å². The molecule has 3 rings (SSSR count). The normalized spacial score (nSPS) is 31.4. The molecule has 2 heteroatoms. The molecule has 2 nitrogen and oxygen atoms in total. The lowest BCUT2D eigenvalue weighted by atomic mass is 9.79. The molecule has 1 aromatic carbocycles. The summed E-state index contributed by atoms with van der Waals surface area (Å²) in [5.41, 5.74) is 4.41. The first-order chi connectivity index (χ1) is 8.12. The maximum atomic E-state index is 6.14. The Morgan fingerprint density at radius 3 is 3.00 bits per heavy atom. The van der Waals surface area contributed by atoms with Crippen molar-refractivity contribution in [3.05, 3.63) is 34.9 Å². The Labute approximate surface area is 103 Å². The van der Waals surface area contributed by atoms with Gasteiger partial charge in [-0.25, -0.2) is 0 Å². The van der Waals surface area contributed by atoms with Crippen LogP contribution >= 0.6 is 0 Å². The summed E-state index contributed by atoms with van der Waals surface area (Å²) in [5, 5.41) is 3.47. The summed E-state index contributed by atoms with van der Waals surface area (Å²) in [6.07, 6.45) is 0. The highest BCUT2D eigenvalue weighted by atomic mass is 16.5. The maximum Gasteiger partial charge on any atom is 0.0863 e. The highest BCUT2D eigenvalue weighted by Crippen LogP contribution is 2.43. The molecule has 1 fully saturated rings. The fourth-order valence-corrected chi connectivity index (χ4v) is 3.29. The van der Waals surface area contributed by atoms with E-state index >= 15 is 0 Å². The van der Waals surface area contributed by atoms with Crippen molar-refractivity contribution in [3.8, 4) is 0 Å². The van der Waals surface area contributed by atoms with E-state index in [-0.39, 0.29) is 5.60 Å². The summed E-state index contributed by atoms with van der Waals surface area (Å²) in [7, 11) is 0. The van der Waals surface area contributed by atoms with Crippen LogP contribution in [0.4, 0.5) is 0 Å². The van der Waals surface area contributed by atoms with Crippen LogP contribution in [0.1, 0.15) is 49.3 Å². The van der Waals surface area contributed by atoms with Gasteiger partial charge in [0.05, 0.1) is 12.2 Å². The first kappa shape index (κ1) is 11.2. The fourth-order valence-electron chi connectivity index (χ4n) is 3.29. The average Bonchev–Trinajstić information content (AvgIpc) is 2.70. The summed E-state index contributed by atoms with van der Waals surface area (Å²) in [4.78, 5) is 0. The fraction of sp³-hybridized carbons (Fsp3) is 0.600. The van der Waals surface area contributed by atoms with E-state index in [0.29, 0.717) is 11.8 Å². The summed E-state index contributed by atoms with van der Waals surface area (Å²) < 4.78 is 6.14. The molecular weight excluding hydrogens is 210 g/mol. The molecule has 1 aromatic rings. The molecule has 2 aliphatic heterocycles. The molecule has 2 heterocycles. The van der Waals surface area contributed by atoms with Gasteiger partial charge in [-0.1, -0.05) is 32.0 Å². The van der Waals surface area contributed by atoms with E-state index in [1.54, 1.807) is 0 Å². The van der Waals surface area contributed by atoms with E-state index in [1.807, 2.05) is 0 Å². The number of benzene rings is 1. The highest BCUT2D eigenvalue weighted by Gasteiger charge is 2.44. The predicted octanol–water partition coefficient (Wildman–Crippen LogP) is 2.79. The molecule has 0 radical (unpaired) electrons. The van der Waals surface area contributed by atoms with E-state index in [2.05, 4.69) is 44.3 Å². The van der Waals surface area contributed by atoms with Gasteiger partial charge in [-0.2, -0.15) is 0 Å². The van der Waals surface area contributed by atoms with E-state index in [9.17, 15) is 0 Å². The molecule has 0 bridgehead atoms. The average molecular weight is 231 g/mol. The summed E-state index contributed by atoms with van der Waals surface area (Å²) in [6, 6.07) is 6.75. The Hall–Kier alpha value is -0.860. The summed E-state index contributed by atoms with van der Waals surface area (Å²) >= 11 is 0. The minimum Gasteiger partial charge on any atom is -0.369 e. The van der Waals surface area contributed by atoms with Crippen molar-refractivity contribution in [3.63, 3.8) is 0 Å². The molecule has 92 valence electrons. The van der Waals surface area contributed by atoms with Crippen LogP contribution < -0.4 is 5.32 Å². The molecule has 2 aliphatic rings. The second kappa shape index (κ2) is 3.82. The van der Waals surface area contributed by atoms with Gasteiger partial charge >= 0.3 is 0 Å². The highest BCUT2D eigenvalue weighted by molar-refractivity contribution is 5.42. The smallest absolute Gasteiger partial charge is 0.0863 e. The van der Waals surface area contributed by atoms with Gasteiger partial charge in [0.15, 0.2) is 0 Å². The second-order valence-electron chi connectivity index (χ2n) is 5.85. The third-order valence-electron chi connectivity index (χ3n) is 4.35. The Balaban J connectivity index is 2.10. The molecule has 0 aliphatic carbocycles. The second-order valence-corrected chi connectivity index (χ2v) is 5.85. The minimum absolute atomic E-state index is 0.00258. The van der Waals surface area contributed by atoms with Crippen molar-refractivity contribution >= 4 is 0 Å². The van der Waals surface area contributed by atoms with Crippen LogP contribution in [0.25, 0.3) is 0 Å². The van der Waals surface area contributed by atoms with Gasteiger partial charge < -0.3 is 10.1 Å². The third-order valence-corrected chi connectivity index (χ3v) is 4.35. The molecule has 0 saturated carbocycles. The summed E-state index contributed by atoms with van der Waals surface area (Å²) in [5.74, 6) is 1.09. The Morgan fingerprint density at radius 1 is 1.41 bits per heavy atom. The van der Waals surface area contributed by atoms with Crippen LogP contribution in [0, 0.1) is 0 Å². The molecule has 0 unspecified atom stereocenters. The van der Waals surface area contributed by atoms with Gasteiger partial charge in [-0.15, -0.1) is 0 Å². The van der Waals surface area contributed by atoms with Gasteiger partial charge in [0.1, 0.15) is 0 Å². The SMILES string of the molecule is CC(C)c1cccc2c1CO[C@@]1(C)CNC[C@@H]21. The number of hydrogen-bond donors (Lipinski definition) is 1. The Kier molecular flexibility index (Phi) is 2.53. The van der Waals surface area contributed by atoms with Gasteiger partial charge in [0.2, 0.25) is 0 Å². The lowest BCUT2D eigenvalue weighted by molar-refractivity contribution is -0.0522. The largest absolute Gasteiger partial charge is 0.369 e. The van der Waals surface area contributed by atoms with E-state index in [0.717, 1.165) is 19.7 Å². The Morgan fingerprint density at radius 2 is 2.24 bits per heavy atom. The van der Waals surface area contributed by atoms with Crippen LogP contribution in [0.15, 0.2) is 18.2 Å². The summed E-state index contributed by atoms with van der Waals surface area (Å²) in [6.45, 7) is 9.56. The van der Waals surface area contributed by atoms with Crippen LogP contribution in [0.3, 0.4) is 0 Å². The number of ether oxygens (including phenoxy) is 1. The lowest BCUT2D eigenvalue weighted by Crippen LogP contribution is -2.40. The van der Waals surface area contributed by atoms with E-state index < -0.39 is 0 Å². The number of hydrogen-bond acceptors (Lipinski definition) is 2. The van der Waals surface area contributed by atoms with Crippen LogP contribution in [-0.2, 0) is 11.3 Å². The van der Waals surface area contributed by atoms with Crippen LogP contribution in [-0.4, -0.2) is 18.7 Å². The van der Waals surface area contributed by atoms with Gasteiger partial charge in [-0.3, -0.25) is 0 Å². The number of rotatable bonds is 1. The molecule has 0 spiro atoms. The van der Waals surface area contributed by atoms with Crippen LogP contribution in [0.2, 0.25) is 0 Å². The zero-order valence-electron chi connectivity index (χ0n) is 10.9. The number of fused-ring (bicyclic) bond motifs is 3. The molecular formula is C15H21NO. The number of nitrogens with one attached hydrogen (secondary N) is 1. The van der Waals surface area contributed by atoms with Crippen LogP contribution in [0.5, 0.6) is 0 Å². The third kappa shape index (κ3) is 1.62. The van der Waals surface area contributed by atoms with Crippen molar-refractivity contribution in [1.82, 2.24) is 5.32 Å². The monoisotopic (exact) mass is 231 g/mol. The topological polar surface area (TPSA) is 21.3 Å². The molecule has 1 N–H and O–H groups in total. The lowest BCUT2D eigenvalue weighted by Gasteiger charge is -2.38. The minimum atomic E-state index is 0.00258. The molecule has 1 saturated heterocycles. The quantitative estimate of drug-likeness (QED) is 0.802. The van der Waals surface area contributed by atoms with Crippen molar-refractivity contribution in [2.45, 2.75) is 44.8 Å². The standard InChI is InChI=1S/C15H21NO/c1-10(2)11-5-4-6-12-13(11)8-17-15(3)9-16-7-14(12)15/h4-6,10,14,16H,7-9H2,1-3H3/t14-,15-/m0/s1. The maximum absolute atomic E-state index is 6.14. The Bertz CT molecular complexity index is 441. The van der Waals surface area contributed by atoms with E-state index in [1.165, 1.54) is 16.7 Å². The predicted molar refractivity (Wildman–Crippen MR) is 69.3 cm³/mol. The zero-order chi connectivity index (χ0) is 12.0. The van der Waals surface area contributed by atoms with Crippen molar-refractivity contribution in [2.75, 3.05) is 13.1 Å². The zero-order valence-corrected chi connectivity index (χ0v) is 10.9. The van der Waals surface area contributed by atoms with Crippen molar-refractivity contribution in [1.29, 1.82) is 0 Å². The van der Waals surface area contributed by atoms with Gasteiger partial charge in [0, 0.05) is 19.0 Å². The van der Waals surface area contributed by atoms with Crippen molar-refractivity contribution < 1.29 is 4.74 Å². The van der Waals surface area contributed by atoms with Gasteiger partial charge in [-0.05, 0) is 29.5 Å². The molecule has 2 atom stereocenters. The first-order valence-corrected chi connectivity index (χ1v) is 6.58. The first-order valence-electron chi connectivity index (χ1n) is 6.58. The van der Waals surface area contributed by atoms with E-state index in [4.69, 9.17) is 4.74 Å².